The van der Waals surface area contributed by atoms with Crippen LogP contribution in [0, 0.1) is 0 Å². The number of carbonyl (C=O) groups excluding carboxylic acids is 1. The maximum absolute atomic E-state index is 11.5. The molecular weight excluding hydrogens is 286 g/mol. The lowest BCUT2D eigenvalue weighted by Crippen LogP contribution is -2.45. The van der Waals surface area contributed by atoms with Crippen LogP contribution >= 0.6 is 11.8 Å². The summed E-state index contributed by atoms with van der Waals surface area (Å²) in [5, 5.41) is 19.8. The summed E-state index contributed by atoms with van der Waals surface area (Å²) < 4.78 is 10.0. The summed E-state index contributed by atoms with van der Waals surface area (Å²) in [6.45, 7) is 5.76. The normalized spacial score (nSPS) is 12.8. The quantitative estimate of drug-likeness (QED) is 0.539. The Bertz CT molecular complexity index is 305. The van der Waals surface area contributed by atoms with Crippen molar-refractivity contribution in [2.45, 2.75) is 32.4 Å². The average molecular weight is 309 g/mol. The molecule has 0 bridgehead atoms. The van der Waals surface area contributed by atoms with Crippen molar-refractivity contribution in [3.05, 3.63) is 0 Å². The number of hydrogen-bond acceptors (Lipinski definition) is 6. The summed E-state index contributed by atoms with van der Waals surface area (Å²) in [7, 11) is 0. The maximum atomic E-state index is 11.5. The van der Waals surface area contributed by atoms with Crippen LogP contribution in [0.25, 0.3) is 0 Å². The molecule has 3 N–H and O–H groups in total. The SMILES string of the molecule is CC(C)(C)OC(=O)NC(CSCCOCCO)C(=O)O. The van der Waals surface area contributed by atoms with Crippen LogP contribution in [-0.4, -0.2) is 65.2 Å². The van der Waals surface area contributed by atoms with Gasteiger partial charge in [-0.2, -0.15) is 11.8 Å². The van der Waals surface area contributed by atoms with Gasteiger partial charge in [0, 0.05) is 11.5 Å². The molecule has 7 nitrogen and oxygen atoms in total. The van der Waals surface area contributed by atoms with Crippen LogP contribution in [0.5, 0.6) is 0 Å². The van der Waals surface area contributed by atoms with Gasteiger partial charge in [0.15, 0.2) is 0 Å². The minimum absolute atomic E-state index is 0.0391. The molecule has 0 heterocycles. The highest BCUT2D eigenvalue weighted by Gasteiger charge is 2.23. The molecule has 0 aliphatic heterocycles. The molecule has 0 spiro atoms. The molecule has 0 aliphatic carbocycles. The van der Waals surface area contributed by atoms with E-state index in [0.29, 0.717) is 12.4 Å². The third-order valence-electron chi connectivity index (χ3n) is 1.88. The Morgan fingerprint density at radius 3 is 2.45 bits per heavy atom. The van der Waals surface area contributed by atoms with E-state index in [1.54, 1.807) is 20.8 Å². The predicted octanol–water partition coefficient (Wildman–Crippen LogP) is 0.706. The van der Waals surface area contributed by atoms with E-state index in [4.69, 9.17) is 19.7 Å². The molecule has 1 atom stereocenters. The number of alkyl carbamates (subject to hydrolysis) is 1. The van der Waals surface area contributed by atoms with E-state index in [0.717, 1.165) is 0 Å². The molecule has 0 radical (unpaired) electrons. The molecule has 0 aromatic carbocycles. The number of ether oxygens (including phenoxy) is 2. The number of amides is 1. The fourth-order valence-electron chi connectivity index (χ4n) is 1.11. The van der Waals surface area contributed by atoms with Gasteiger partial charge in [0.05, 0.1) is 19.8 Å². The van der Waals surface area contributed by atoms with Gasteiger partial charge in [-0.25, -0.2) is 9.59 Å². The van der Waals surface area contributed by atoms with Crippen molar-refractivity contribution in [1.29, 1.82) is 0 Å². The van der Waals surface area contributed by atoms with Crippen LogP contribution in [0.3, 0.4) is 0 Å². The second-order valence-electron chi connectivity index (χ2n) is 4.95. The molecule has 1 unspecified atom stereocenters. The molecule has 1 amide bonds. The van der Waals surface area contributed by atoms with Crippen molar-refractivity contribution in [3.8, 4) is 0 Å². The fraction of sp³-hybridized carbons (Fsp3) is 0.833. The Morgan fingerprint density at radius 1 is 1.30 bits per heavy atom. The molecule has 0 aromatic rings. The van der Waals surface area contributed by atoms with Crippen LogP contribution in [0.15, 0.2) is 0 Å². The van der Waals surface area contributed by atoms with E-state index in [2.05, 4.69) is 5.32 Å². The topological polar surface area (TPSA) is 105 Å². The Labute approximate surface area is 123 Å². The summed E-state index contributed by atoms with van der Waals surface area (Å²) in [6.07, 6.45) is -0.748. The number of aliphatic hydroxyl groups is 1. The molecule has 0 aliphatic rings. The summed E-state index contributed by atoms with van der Waals surface area (Å²) in [6, 6.07) is -1.01. The summed E-state index contributed by atoms with van der Waals surface area (Å²) in [5.74, 6) is -0.309. The van der Waals surface area contributed by atoms with Gasteiger partial charge in [-0.1, -0.05) is 0 Å². The van der Waals surface area contributed by atoms with E-state index in [-0.39, 0.29) is 19.0 Å². The number of thioether (sulfide) groups is 1. The first-order valence-corrected chi connectivity index (χ1v) is 7.40. The van der Waals surface area contributed by atoms with E-state index >= 15 is 0 Å². The molecule has 118 valence electrons. The Balaban J connectivity index is 3.99. The van der Waals surface area contributed by atoms with Crippen molar-refractivity contribution in [2.75, 3.05) is 31.3 Å². The number of aliphatic hydroxyl groups excluding tert-OH is 1. The van der Waals surface area contributed by atoms with Crippen LogP contribution in [-0.2, 0) is 14.3 Å². The number of hydrogen-bond donors (Lipinski definition) is 3. The third-order valence-corrected chi connectivity index (χ3v) is 2.91. The smallest absolute Gasteiger partial charge is 0.408 e. The van der Waals surface area contributed by atoms with E-state index < -0.39 is 23.7 Å². The fourth-order valence-corrected chi connectivity index (χ4v) is 1.97. The number of aliphatic carboxylic acids is 1. The van der Waals surface area contributed by atoms with Crippen molar-refractivity contribution in [2.24, 2.45) is 0 Å². The zero-order valence-corrected chi connectivity index (χ0v) is 12.9. The first kappa shape index (κ1) is 19.0. The van der Waals surface area contributed by atoms with Gasteiger partial charge < -0.3 is 25.0 Å². The lowest BCUT2D eigenvalue weighted by Gasteiger charge is -2.21. The second-order valence-corrected chi connectivity index (χ2v) is 6.10. The number of carboxylic acids is 1. The van der Waals surface area contributed by atoms with Crippen molar-refractivity contribution >= 4 is 23.8 Å². The van der Waals surface area contributed by atoms with Crippen LogP contribution < -0.4 is 5.32 Å². The summed E-state index contributed by atoms with van der Waals surface area (Å²) >= 11 is 1.34. The molecule has 0 fully saturated rings. The van der Waals surface area contributed by atoms with E-state index in [9.17, 15) is 9.59 Å². The number of rotatable bonds is 9. The highest BCUT2D eigenvalue weighted by atomic mass is 32.2. The second kappa shape index (κ2) is 9.84. The number of carbonyl (C=O) groups is 2. The van der Waals surface area contributed by atoms with Crippen molar-refractivity contribution in [3.63, 3.8) is 0 Å². The summed E-state index contributed by atoms with van der Waals surface area (Å²) in [4.78, 5) is 22.5. The lowest BCUT2D eigenvalue weighted by molar-refractivity contribution is -0.138. The van der Waals surface area contributed by atoms with Gasteiger partial charge in [0.1, 0.15) is 11.6 Å². The van der Waals surface area contributed by atoms with Crippen molar-refractivity contribution in [1.82, 2.24) is 5.32 Å². The third kappa shape index (κ3) is 10.9. The van der Waals surface area contributed by atoms with Crippen LogP contribution in [0.4, 0.5) is 4.79 Å². The molecule has 0 saturated heterocycles. The van der Waals surface area contributed by atoms with Gasteiger partial charge in [-0.05, 0) is 20.8 Å². The average Bonchev–Trinajstić information content (AvgIpc) is 2.29. The first-order valence-electron chi connectivity index (χ1n) is 6.25. The minimum atomic E-state index is -1.11. The Morgan fingerprint density at radius 2 is 1.95 bits per heavy atom. The van der Waals surface area contributed by atoms with E-state index in [1.807, 2.05) is 0 Å². The molecule has 0 saturated carbocycles. The Kier molecular flexibility index (Phi) is 9.35. The van der Waals surface area contributed by atoms with Crippen LogP contribution in [0.2, 0.25) is 0 Å². The molecular formula is C12H23NO6S. The number of nitrogens with one attached hydrogen (secondary N) is 1. The zero-order valence-electron chi connectivity index (χ0n) is 12.0. The standard InChI is InChI=1S/C12H23NO6S/c1-12(2,3)19-11(17)13-9(10(15)16)8-20-7-6-18-5-4-14/h9,14H,4-8H2,1-3H3,(H,13,17)(H,15,16). The number of carboxylic acid groups (broad SMARTS) is 1. The van der Waals surface area contributed by atoms with Gasteiger partial charge in [-0.15, -0.1) is 0 Å². The summed E-state index contributed by atoms with van der Waals surface area (Å²) in [5.41, 5.74) is -0.668. The molecule has 20 heavy (non-hydrogen) atoms. The van der Waals surface area contributed by atoms with E-state index in [1.165, 1.54) is 11.8 Å². The Hall–Kier alpha value is -0.990. The monoisotopic (exact) mass is 309 g/mol. The maximum Gasteiger partial charge on any atom is 0.408 e. The lowest BCUT2D eigenvalue weighted by atomic mass is 10.2. The highest BCUT2D eigenvalue weighted by Crippen LogP contribution is 2.08. The molecule has 8 heteroatoms. The zero-order chi connectivity index (χ0) is 15.6. The molecule has 0 aromatic heterocycles. The minimum Gasteiger partial charge on any atom is -0.480 e. The van der Waals surface area contributed by atoms with Gasteiger partial charge in [0.2, 0.25) is 0 Å². The van der Waals surface area contributed by atoms with Gasteiger partial charge in [-0.3, -0.25) is 0 Å². The highest BCUT2D eigenvalue weighted by molar-refractivity contribution is 7.99. The largest absolute Gasteiger partial charge is 0.480 e. The predicted molar refractivity (Wildman–Crippen MR) is 76.0 cm³/mol. The first-order chi connectivity index (χ1) is 9.26. The van der Waals surface area contributed by atoms with Gasteiger partial charge >= 0.3 is 12.1 Å². The van der Waals surface area contributed by atoms with Gasteiger partial charge in [0.25, 0.3) is 0 Å². The van der Waals surface area contributed by atoms with Crippen molar-refractivity contribution < 1.29 is 29.3 Å². The van der Waals surface area contributed by atoms with Crippen LogP contribution in [0.1, 0.15) is 20.8 Å². The molecule has 0 rings (SSSR count).